The van der Waals surface area contributed by atoms with Crippen LogP contribution >= 0.6 is 0 Å². The molecule has 0 aromatic rings. The lowest BCUT2D eigenvalue weighted by molar-refractivity contribution is -0.155. The summed E-state index contributed by atoms with van der Waals surface area (Å²) in [5.74, 6) is -1.40. The number of rotatable bonds is 7. The van der Waals surface area contributed by atoms with Gasteiger partial charge in [0.15, 0.2) is 0 Å². The van der Waals surface area contributed by atoms with E-state index in [-0.39, 0.29) is 37.1 Å². The summed E-state index contributed by atoms with van der Waals surface area (Å²) >= 11 is 0. The maximum Gasteiger partial charge on any atom is 0.313 e. The van der Waals surface area contributed by atoms with Crippen LogP contribution in [0, 0.1) is 5.92 Å². The van der Waals surface area contributed by atoms with Gasteiger partial charge in [-0.15, -0.1) is 0 Å². The molecule has 0 spiro atoms. The van der Waals surface area contributed by atoms with Gasteiger partial charge in [0.2, 0.25) is 0 Å². The third-order valence-electron chi connectivity index (χ3n) is 2.38. The maximum atomic E-state index is 11.7. The first-order valence-corrected chi connectivity index (χ1v) is 6.56. The van der Waals surface area contributed by atoms with Crippen LogP contribution in [0.3, 0.4) is 0 Å². The molecule has 0 aliphatic carbocycles. The minimum Gasteiger partial charge on any atom is -0.466 e. The largest absolute Gasteiger partial charge is 0.466 e. The molecule has 0 aromatic heterocycles. The molecule has 5 nitrogen and oxygen atoms in total. The molecule has 0 aliphatic rings. The van der Waals surface area contributed by atoms with Crippen LogP contribution in [0.2, 0.25) is 0 Å². The van der Waals surface area contributed by atoms with Crippen LogP contribution in [-0.2, 0) is 23.9 Å². The Bertz CT molecular complexity index is 327. The van der Waals surface area contributed by atoms with Gasteiger partial charge < -0.3 is 9.47 Å². The van der Waals surface area contributed by atoms with Gasteiger partial charge in [0, 0.05) is 12.3 Å². The van der Waals surface area contributed by atoms with E-state index in [0.29, 0.717) is 6.42 Å². The fourth-order valence-electron chi connectivity index (χ4n) is 1.42. The Morgan fingerprint density at radius 3 is 2.16 bits per heavy atom. The summed E-state index contributed by atoms with van der Waals surface area (Å²) in [5.41, 5.74) is -0.519. The Morgan fingerprint density at radius 1 is 1.11 bits per heavy atom. The van der Waals surface area contributed by atoms with Crippen molar-refractivity contribution in [1.82, 2.24) is 0 Å². The van der Waals surface area contributed by atoms with E-state index in [0.717, 1.165) is 0 Å². The number of carbonyl (C=O) groups excluding carboxylic acids is 3. The molecule has 19 heavy (non-hydrogen) atoms. The van der Waals surface area contributed by atoms with Gasteiger partial charge in [-0.3, -0.25) is 14.4 Å². The molecule has 0 saturated carbocycles. The van der Waals surface area contributed by atoms with Gasteiger partial charge in [0.25, 0.3) is 0 Å². The topological polar surface area (TPSA) is 69.7 Å². The molecule has 0 amide bonds. The molecule has 0 bridgehead atoms. The zero-order valence-corrected chi connectivity index (χ0v) is 12.4. The average molecular weight is 272 g/mol. The summed E-state index contributed by atoms with van der Waals surface area (Å²) < 4.78 is 9.85. The van der Waals surface area contributed by atoms with Crippen molar-refractivity contribution < 1.29 is 23.9 Å². The number of Topliss-reactive ketones (excluding diaryl/α,β-unsaturated/α-hetero) is 1. The van der Waals surface area contributed by atoms with Gasteiger partial charge in [-0.05, 0) is 34.1 Å². The first-order chi connectivity index (χ1) is 8.65. The van der Waals surface area contributed by atoms with E-state index in [1.54, 1.807) is 34.6 Å². The second-order valence-corrected chi connectivity index (χ2v) is 5.47. The number of carbonyl (C=O) groups is 3. The van der Waals surface area contributed by atoms with Gasteiger partial charge in [0.1, 0.15) is 17.8 Å². The van der Waals surface area contributed by atoms with Crippen molar-refractivity contribution in [2.24, 2.45) is 5.92 Å². The third kappa shape index (κ3) is 9.22. The maximum absolute atomic E-state index is 11.7. The van der Waals surface area contributed by atoms with Crippen molar-refractivity contribution in [3.8, 4) is 0 Å². The highest BCUT2D eigenvalue weighted by molar-refractivity contribution is 5.96. The predicted octanol–water partition coefficient (Wildman–Crippen LogP) is 2.27. The quantitative estimate of drug-likeness (QED) is 0.525. The smallest absolute Gasteiger partial charge is 0.313 e. The van der Waals surface area contributed by atoms with Crippen LogP contribution in [-0.4, -0.2) is 29.9 Å². The summed E-state index contributed by atoms with van der Waals surface area (Å²) in [6.45, 7) is 9.03. The van der Waals surface area contributed by atoms with Crippen molar-refractivity contribution in [1.29, 1.82) is 0 Å². The molecule has 110 valence electrons. The van der Waals surface area contributed by atoms with Crippen LogP contribution in [0.25, 0.3) is 0 Å². The van der Waals surface area contributed by atoms with E-state index in [1.807, 2.05) is 0 Å². The second kappa shape index (κ2) is 7.92. The molecule has 0 aliphatic heterocycles. The Balaban J connectivity index is 4.03. The minimum absolute atomic E-state index is 0.174. The van der Waals surface area contributed by atoms with Crippen molar-refractivity contribution >= 4 is 17.7 Å². The highest BCUT2D eigenvalue weighted by Crippen LogP contribution is 2.14. The zero-order valence-electron chi connectivity index (χ0n) is 12.4. The summed E-state index contributed by atoms with van der Waals surface area (Å²) in [7, 11) is 0. The Morgan fingerprint density at radius 2 is 1.68 bits per heavy atom. The number of ketones is 1. The van der Waals surface area contributed by atoms with Crippen molar-refractivity contribution in [2.75, 3.05) is 6.61 Å². The minimum atomic E-state index is -0.519. The van der Waals surface area contributed by atoms with Gasteiger partial charge in [-0.25, -0.2) is 0 Å². The highest BCUT2D eigenvalue weighted by Gasteiger charge is 2.21. The Kier molecular flexibility index (Phi) is 7.34. The summed E-state index contributed by atoms with van der Waals surface area (Å²) in [6.07, 6.45) is 0.323. The van der Waals surface area contributed by atoms with E-state index < -0.39 is 11.6 Å². The zero-order chi connectivity index (χ0) is 15.1. The van der Waals surface area contributed by atoms with Crippen LogP contribution in [0.15, 0.2) is 0 Å². The molecule has 0 aromatic carbocycles. The van der Waals surface area contributed by atoms with Crippen molar-refractivity contribution in [2.45, 2.75) is 59.5 Å². The molecule has 0 heterocycles. The molecule has 0 rings (SSSR count). The molecular formula is C14H24O5. The number of hydrogen-bond donors (Lipinski definition) is 0. The van der Waals surface area contributed by atoms with E-state index in [9.17, 15) is 14.4 Å². The van der Waals surface area contributed by atoms with E-state index in [4.69, 9.17) is 9.47 Å². The van der Waals surface area contributed by atoms with Crippen LogP contribution in [0.5, 0.6) is 0 Å². The van der Waals surface area contributed by atoms with Gasteiger partial charge >= 0.3 is 11.9 Å². The molecular weight excluding hydrogens is 248 g/mol. The van der Waals surface area contributed by atoms with E-state index in [2.05, 4.69) is 0 Å². The van der Waals surface area contributed by atoms with Crippen LogP contribution in [0.4, 0.5) is 0 Å². The lowest BCUT2D eigenvalue weighted by Crippen LogP contribution is -2.25. The molecule has 0 saturated heterocycles. The summed E-state index contributed by atoms with van der Waals surface area (Å²) in [4.78, 5) is 34.3. The molecule has 0 radical (unpaired) electrons. The van der Waals surface area contributed by atoms with Gasteiger partial charge in [-0.1, -0.05) is 6.92 Å². The van der Waals surface area contributed by atoms with E-state index in [1.165, 1.54) is 0 Å². The summed E-state index contributed by atoms with van der Waals surface area (Å²) in [6, 6.07) is 0. The van der Waals surface area contributed by atoms with Gasteiger partial charge in [0.05, 0.1) is 6.61 Å². The van der Waals surface area contributed by atoms with Crippen LogP contribution < -0.4 is 0 Å². The third-order valence-corrected chi connectivity index (χ3v) is 2.38. The number of esters is 2. The fraction of sp³-hybridized carbons (Fsp3) is 0.786. The van der Waals surface area contributed by atoms with Crippen molar-refractivity contribution in [3.05, 3.63) is 0 Å². The lowest BCUT2D eigenvalue weighted by atomic mass is 9.98. The number of hydrogen-bond acceptors (Lipinski definition) is 5. The monoisotopic (exact) mass is 272 g/mol. The Hall–Kier alpha value is -1.39. The molecule has 5 heteroatoms. The molecule has 0 fully saturated rings. The molecule has 0 unspecified atom stereocenters. The predicted molar refractivity (Wildman–Crippen MR) is 70.5 cm³/mol. The summed E-state index contributed by atoms with van der Waals surface area (Å²) in [5, 5.41) is 0. The Labute approximate surface area is 114 Å². The van der Waals surface area contributed by atoms with Gasteiger partial charge in [-0.2, -0.15) is 0 Å². The number of ether oxygens (including phenoxy) is 2. The first-order valence-electron chi connectivity index (χ1n) is 6.56. The lowest BCUT2D eigenvalue weighted by Gasteiger charge is -2.20. The van der Waals surface area contributed by atoms with E-state index >= 15 is 0 Å². The first kappa shape index (κ1) is 17.6. The second-order valence-electron chi connectivity index (χ2n) is 5.47. The van der Waals surface area contributed by atoms with Crippen LogP contribution in [0.1, 0.15) is 53.9 Å². The molecule has 1 atom stereocenters. The normalized spacial score (nSPS) is 12.7. The fourth-order valence-corrected chi connectivity index (χ4v) is 1.42. The molecule has 0 N–H and O–H groups in total. The van der Waals surface area contributed by atoms with Crippen molar-refractivity contribution in [3.63, 3.8) is 0 Å². The highest BCUT2D eigenvalue weighted by atomic mass is 16.6. The average Bonchev–Trinajstić information content (AvgIpc) is 2.23. The standard InChI is InChI=1S/C14H24O5/c1-6-18-13(17)9-11(15)10(2)7-8-12(16)19-14(3,4)5/h10H,6-9H2,1-5H3/t10-/m1/s1. The SMILES string of the molecule is CCOC(=O)CC(=O)[C@H](C)CCC(=O)OC(C)(C)C.